The Balaban J connectivity index is 2.04. The average molecular weight is 429 g/mol. The Morgan fingerprint density at radius 1 is 1.27 bits per heavy atom. The topological polar surface area (TPSA) is 98.3 Å². The number of nitrogens with zero attached hydrogens (tertiary/aromatic N) is 4. The molecule has 0 N–H and O–H groups in total. The first-order valence-electron chi connectivity index (χ1n) is 9.46. The highest BCUT2D eigenvalue weighted by molar-refractivity contribution is 6.31. The molecule has 0 saturated carbocycles. The monoisotopic (exact) mass is 428 g/mol. The molecule has 156 valence electrons. The third kappa shape index (κ3) is 4.04. The van der Waals surface area contributed by atoms with Crippen LogP contribution in [0.25, 0.3) is 10.9 Å². The fourth-order valence-corrected chi connectivity index (χ4v) is 3.54. The van der Waals surface area contributed by atoms with Crippen molar-refractivity contribution in [3.8, 4) is 0 Å². The van der Waals surface area contributed by atoms with Gasteiger partial charge in [0.2, 0.25) is 0 Å². The standard InChI is InChI=1S/C21H21ClN4O4/c1-4-11-25(20(27)14-5-8-16(9-6-14)26(29)30)13(2)19-23-18-12-15(22)7-10-17(18)21(28)24(19)3/h5-10,12-13H,4,11H2,1-3H3. The van der Waals surface area contributed by atoms with Crippen molar-refractivity contribution in [2.75, 3.05) is 6.54 Å². The van der Waals surface area contributed by atoms with Gasteiger partial charge in [0.05, 0.1) is 21.9 Å². The minimum atomic E-state index is -0.513. The highest BCUT2D eigenvalue weighted by Crippen LogP contribution is 2.24. The van der Waals surface area contributed by atoms with Gasteiger partial charge in [-0.25, -0.2) is 4.98 Å². The van der Waals surface area contributed by atoms with E-state index < -0.39 is 11.0 Å². The molecule has 3 aromatic rings. The molecule has 0 spiro atoms. The van der Waals surface area contributed by atoms with Crippen LogP contribution in [0.1, 0.15) is 42.5 Å². The molecule has 1 atom stereocenters. The van der Waals surface area contributed by atoms with E-state index in [2.05, 4.69) is 4.98 Å². The Morgan fingerprint density at radius 3 is 2.53 bits per heavy atom. The quantitative estimate of drug-likeness (QED) is 0.434. The summed E-state index contributed by atoms with van der Waals surface area (Å²) in [4.78, 5) is 42.5. The van der Waals surface area contributed by atoms with Crippen LogP contribution < -0.4 is 5.56 Å². The van der Waals surface area contributed by atoms with E-state index in [-0.39, 0.29) is 17.2 Å². The van der Waals surface area contributed by atoms with Gasteiger partial charge in [0.25, 0.3) is 17.2 Å². The van der Waals surface area contributed by atoms with Crippen molar-refractivity contribution >= 4 is 34.1 Å². The van der Waals surface area contributed by atoms with E-state index >= 15 is 0 Å². The van der Waals surface area contributed by atoms with E-state index in [0.29, 0.717) is 40.3 Å². The fourth-order valence-electron chi connectivity index (χ4n) is 3.38. The second kappa shape index (κ2) is 8.62. The number of non-ortho nitro benzene ring substituents is 1. The van der Waals surface area contributed by atoms with Crippen molar-refractivity contribution in [2.24, 2.45) is 7.05 Å². The highest BCUT2D eigenvalue weighted by Gasteiger charge is 2.26. The molecule has 0 aliphatic rings. The molecule has 0 bridgehead atoms. The minimum absolute atomic E-state index is 0.0860. The van der Waals surface area contributed by atoms with Crippen LogP contribution in [0.5, 0.6) is 0 Å². The lowest BCUT2D eigenvalue weighted by Crippen LogP contribution is -2.37. The highest BCUT2D eigenvalue weighted by atomic mass is 35.5. The van der Waals surface area contributed by atoms with Crippen LogP contribution in [0.3, 0.4) is 0 Å². The Kier molecular flexibility index (Phi) is 6.17. The van der Waals surface area contributed by atoms with Gasteiger partial charge in [-0.1, -0.05) is 18.5 Å². The zero-order valence-corrected chi connectivity index (χ0v) is 17.6. The Bertz CT molecular complexity index is 1170. The predicted octanol–water partition coefficient (Wildman–Crippen LogP) is 4.11. The van der Waals surface area contributed by atoms with E-state index in [4.69, 9.17) is 11.6 Å². The maximum absolute atomic E-state index is 13.2. The molecule has 1 unspecified atom stereocenters. The number of aromatic nitrogens is 2. The van der Waals surface area contributed by atoms with Gasteiger partial charge >= 0.3 is 0 Å². The lowest BCUT2D eigenvalue weighted by atomic mass is 10.1. The lowest BCUT2D eigenvalue weighted by Gasteiger charge is -2.29. The van der Waals surface area contributed by atoms with Gasteiger partial charge in [-0.2, -0.15) is 0 Å². The molecule has 1 heterocycles. The summed E-state index contributed by atoms with van der Waals surface area (Å²) in [5, 5.41) is 11.8. The van der Waals surface area contributed by atoms with E-state index in [1.165, 1.54) is 28.8 Å². The summed E-state index contributed by atoms with van der Waals surface area (Å²) in [5.41, 5.74) is 0.483. The molecule has 3 rings (SSSR count). The molecule has 0 fully saturated rings. The summed E-state index contributed by atoms with van der Waals surface area (Å²) in [6.45, 7) is 4.17. The van der Waals surface area contributed by atoms with Crippen molar-refractivity contribution in [1.29, 1.82) is 0 Å². The first-order chi connectivity index (χ1) is 14.2. The van der Waals surface area contributed by atoms with Crippen LogP contribution in [0, 0.1) is 10.1 Å². The van der Waals surface area contributed by atoms with Gasteiger partial charge in [0.1, 0.15) is 5.82 Å². The molecule has 0 aliphatic carbocycles. The number of hydrogen-bond acceptors (Lipinski definition) is 5. The molecule has 30 heavy (non-hydrogen) atoms. The Hall–Kier alpha value is -3.26. The van der Waals surface area contributed by atoms with Gasteiger partial charge < -0.3 is 4.90 Å². The van der Waals surface area contributed by atoms with Crippen molar-refractivity contribution in [3.05, 3.63) is 79.3 Å². The molecule has 9 heteroatoms. The Labute approximate surface area is 177 Å². The second-order valence-corrected chi connectivity index (χ2v) is 7.41. The summed E-state index contributed by atoms with van der Waals surface area (Å²) in [6, 6.07) is 9.85. The zero-order chi connectivity index (χ0) is 22.0. The molecular weight excluding hydrogens is 408 g/mol. The molecular formula is C21H21ClN4O4. The number of halogens is 1. The van der Waals surface area contributed by atoms with Crippen molar-refractivity contribution in [3.63, 3.8) is 0 Å². The molecule has 1 aromatic heterocycles. The van der Waals surface area contributed by atoms with Gasteiger partial charge in [-0.15, -0.1) is 0 Å². The third-order valence-electron chi connectivity index (χ3n) is 4.97. The average Bonchev–Trinajstić information content (AvgIpc) is 2.73. The molecule has 0 aliphatic heterocycles. The van der Waals surface area contributed by atoms with Crippen molar-refractivity contribution < 1.29 is 9.72 Å². The van der Waals surface area contributed by atoms with Gasteiger partial charge in [-0.3, -0.25) is 24.3 Å². The third-order valence-corrected chi connectivity index (χ3v) is 5.20. The summed E-state index contributed by atoms with van der Waals surface area (Å²) in [5.74, 6) is 0.137. The summed E-state index contributed by atoms with van der Waals surface area (Å²) >= 11 is 6.06. The predicted molar refractivity (Wildman–Crippen MR) is 115 cm³/mol. The minimum Gasteiger partial charge on any atom is -0.329 e. The molecule has 2 aromatic carbocycles. The summed E-state index contributed by atoms with van der Waals surface area (Å²) in [7, 11) is 1.62. The second-order valence-electron chi connectivity index (χ2n) is 6.97. The van der Waals surface area contributed by atoms with Crippen LogP contribution in [-0.4, -0.2) is 31.8 Å². The fraction of sp³-hybridized carbons (Fsp3) is 0.286. The number of benzene rings is 2. The smallest absolute Gasteiger partial charge is 0.269 e. The van der Waals surface area contributed by atoms with E-state index in [9.17, 15) is 19.7 Å². The van der Waals surface area contributed by atoms with Crippen LogP contribution in [-0.2, 0) is 7.05 Å². The molecule has 0 saturated heterocycles. The van der Waals surface area contributed by atoms with Crippen LogP contribution in [0.15, 0.2) is 47.3 Å². The number of amides is 1. The Morgan fingerprint density at radius 2 is 1.93 bits per heavy atom. The zero-order valence-electron chi connectivity index (χ0n) is 16.8. The van der Waals surface area contributed by atoms with E-state index in [0.717, 1.165) is 0 Å². The summed E-state index contributed by atoms with van der Waals surface area (Å²) in [6.07, 6.45) is 0.691. The number of nitro benzene ring substituents is 1. The number of carbonyl (C=O) groups excluding carboxylic acids is 1. The van der Waals surface area contributed by atoms with Crippen molar-refractivity contribution in [1.82, 2.24) is 14.5 Å². The van der Waals surface area contributed by atoms with Crippen LogP contribution in [0.2, 0.25) is 5.02 Å². The maximum atomic E-state index is 13.2. The molecule has 0 radical (unpaired) electrons. The first-order valence-corrected chi connectivity index (χ1v) is 9.84. The first kappa shape index (κ1) is 21.4. The van der Waals surface area contributed by atoms with Crippen LogP contribution >= 0.6 is 11.6 Å². The largest absolute Gasteiger partial charge is 0.329 e. The normalized spacial score (nSPS) is 12.0. The molecule has 8 nitrogen and oxygen atoms in total. The number of fused-ring (bicyclic) bond motifs is 1. The van der Waals surface area contributed by atoms with E-state index in [1.54, 1.807) is 37.1 Å². The summed E-state index contributed by atoms with van der Waals surface area (Å²) < 4.78 is 1.44. The van der Waals surface area contributed by atoms with Crippen molar-refractivity contribution in [2.45, 2.75) is 26.3 Å². The molecule has 1 amide bonds. The number of nitro groups is 1. The van der Waals surface area contributed by atoms with E-state index in [1.807, 2.05) is 6.92 Å². The number of rotatable bonds is 6. The van der Waals surface area contributed by atoms with Gasteiger partial charge in [0, 0.05) is 36.3 Å². The number of hydrogen-bond donors (Lipinski definition) is 0. The van der Waals surface area contributed by atoms with Gasteiger partial charge in [0.15, 0.2) is 0 Å². The number of carbonyl (C=O) groups is 1. The van der Waals surface area contributed by atoms with Crippen LogP contribution in [0.4, 0.5) is 5.69 Å². The maximum Gasteiger partial charge on any atom is 0.269 e. The van der Waals surface area contributed by atoms with Gasteiger partial charge in [-0.05, 0) is 43.7 Å². The SMILES string of the molecule is CCCN(C(=O)c1ccc([N+](=O)[O-])cc1)C(C)c1nc2cc(Cl)ccc2c(=O)n1C. The lowest BCUT2D eigenvalue weighted by molar-refractivity contribution is -0.384.